The van der Waals surface area contributed by atoms with Crippen molar-refractivity contribution in [2.75, 3.05) is 7.11 Å². The first kappa shape index (κ1) is 12.5. The van der Waals surface area contributed by atoms with Gasteiger partial charge in [0.1, 0.15) is 11.5 Å². The van der Waals surface area contributed by atoms with Crippen LogP contribution < -0.4 is 4.74 Å². The molecule has 1 fully saturated rings. The average molecular weight is 256 g/mol. The summed E-state index contributed by atoms with van der Waals surface area (Å²) < 4.78 is 5.37. The lowest BCUT2D eigenvalue weighted by Crippen LogP contribution is -2.39. The van der Waals surface area contributed by atoms with Gasteiger partial charge in [0, 0.05) is 17.8 Å². The smallest absolute Gasteiger partial charge is 0.139 e. The van der Waals surface area contributed by atoms with E-state index in [1.165, 1.54) is 16.7 Å². The van der Waals surface area contributed by atoms with Crippen molar-refractivity contribution in [2.24, 2.45) is 5.92 Å². The summed E-state index contributed by atoms with van der Waals surface area (Å²) >= 11 is 0. The number of methoxy groups -OCH3 is 1. The molecule has 0 spiro atoms. The third-order valence-corrected chi connectivity index (χ3v) is 4.91. The summed E-state index contributed by atoms with van der Waals surface area (Å²) in [5.41, 5.74) is 4.04. The van der Waals surface area contributed by atoms with Crippen LogP contribution in [0, 0.1) is 5.92 Å². The highest BCUT2D eigenvalue weighted by molar-refractivity contribution is 5.86. The summed E-state index contributed by atoms with van der Waals surface area (Å²) in [6, 6.07) is 6.34. The second kappa shape index (κ2) is 4.22. The lowest BCUT2D eigenvalue weighted by atomic mass is 9.60. The molecule has 1 saturated carbocycles. The minimum atomic E-state index is 0.00937. The fourth-order valence-corrected chi connectivity index (χ4v) is 3.67. The first-order valence-corrected chi connectivity index (χ1v) is 6.97. The van der Waals surface area contributed by atoms with Gasteiger partial charge in [0.15, 0.2) is 0 Å². The van der Waals surface area contributed by atoms with Gasteiger partial charge in [0.2, 0.25) is 0 Å². The minimum Gasteiger partial charge on any atom is -0.497 e. The minimum absolute atomic E-state index is 0.00937. The molecule has 2 atom stereocenters. The number of benzene rings is 1. The summed E-state index contributed by atoms with van der Waals surface area (Å²) in [7, 11) is 1.71. The van der Waals surface area contributed by atoms with E-state index in [-0.39, 0.29) is 11.3 Å². The third kappa shape index (κ3) is 1.73. The predicted molar refractivity (Wildman–Crippen MR) is 75.5 cm³/mol. The van der Waals surface area contributed by atoms with E-state index in [1.54, 1.807) is 7.11 Å². The Morgan fingerprint density at radius 3 is 2.89 bits per heavy atom. The number of ether oxygens (including phenoxy) is 1. The van der Waals surface area contributed by atoms with Gasteiger partial charge in [-0.25, -0.2) is 0 Å². The monoisotopic (exact) mass is 256 g/mol. The molecule has 0 aromatic heterocycles. The Hall–Kier alpha value is -1.57. The van der Waals surface area contributed by atoms with Crippen molar-refractivity contribution < 1.29 is 9.53 Å². The van der Waals surface area contributed by atoms with Gasteiger partial charge in [-0.1, -0.05) is 31.6 Å². The summed E-state index contributed by atoms with van der Waals surface area (Å²) in [5.74, 6) is 1.36. The molecule has 2 nitrogen and oxygen atoms in total. The molecule has 100 valence electrons. The summed E-state index contributed by atoms with van der Waals surface area (Å²) in [6.07, 6.45) is 4.81. The Labute approximate surface area is 114 Å². The van der Waals surface area contributed by atoms with Crippen molar-refractivity contribution in [2.45, 2.75) is 38.5 Å². The highest BCUT2D eigenvalue weighted by Gasteiger charge is 2.43. The Kier molecular flexibility index (Phi) is 2.77. The van der Waals surface area contributed by atoms with Crippen molar-refractivity contribution in [3.8, 4) is 5.75 Å². The predicted octanol–water partition coefficient (Wildman–Crippen LogP) is 3.43. The second-order valence-electron chi connectivity index (χ2n) is 5.91. The number of carbonyl (C=O) groups is 1. The molecule has 0 radical (unpaired) electrons. The number of carbonyl (C=O) groups excluding carboxylic acids is 1. The lowest BCUT2D eigenvalue weighted by Gasteiger charge is -2.43. The van der Waals surface area contributed by atoms with Crippen molar-refractivity contribution in [3.63, 3.8) is 0 Å². The van der Waals surface area contributed by atoms with Gasteiger partial charge >= 0.3 is 0 Å². The largest absolute Gasteiger partial charge is 0.497 e. The Balaban J connectivity index is 2.13. The first-order chi connectivity index (χ1) is 9.06. The van der Waals surface area contributed by atoms with Crippen molar-refractivity contribution in [3.05, 3.63) is 41.0 Å². The quantitative estimate of drug-likeness (QED) is 0.719. The molecule has 3 rings (SSSR count). The van der Waals surface area contributed by atoms with E-state index in [9.17, 15) is 4.79 Å². The van der Waals surface area contributed by atoms with E-state index >= 15 is 0 Å². The zero-order chi connectivity index (χ0) is 13.6. The molecule has 0 saturated heterocycles. The zero-order valence-electron chi connectivity index (χ0n) is 11.8. The van der Waals surface area contributed by atoms with Crippen LogP contribution in [0.5, 0.6) is 5.75 Å². The molecule has 2 heteroatoms. The summed E-state index contributed by atoms with van der Waals surface area (Å²) in [6.45, 7) is 4.33. The number of hydrogen-bond acceptors (Lipinski definition) is 2. The van der Waals surface area contributed by atoms with Gasteiger partial charge < -0.3 is 4.74 Å². The number of rotatable bonds is 1. The van der Waals surface area contributed by atoms with E-state index in [0.717, 1.165) is 18.6 Å². The molecule has 1 aromatic rings. The highest BCUT2D eigenvalue weighted by atomic mass is 16.5. The van der Waals surface area contributed by atoms with Crippen LogP contribution in [0.4, 0.5) is 0 Å². The van der Waals surface area contributed by atoms with Crippen LogP contribution in [-0.2, 0) is 16.6 Å². The third-order valence-electron chi connectivity index (χ3n) is 4.91. The van der Waals surface area contributed by atoms with Crippen LogP contribution in [0.3, 0.4) is 0 Å². The second-order valence-corrected chi connectivity index (χ2v) is 5.91. The van der Waals surface area contributed by atoms with E-state index in [0.29, 0.717) is 12.2 Å². The van der Waals surface area contributed by atoms with Crippen molar-refractivity contribution in [1.29, 1.82) is 0 Å². The molecule has 0 aliphatic heterocycles. The maximum atomic E-state index is 12.0. The standard InChI is InChI=1S/C17H20O2/c1-11-14-7-5-12-4-6-13(19-3)10-15(12)17(14,2)9-8-16(11)18/h4,6-7,10-11H,5,8-9H2,1-3H3. The Morgan fingerprint density at radius 2 is 2.16 bits per heavy atom. The maximum Gasteiger partial charge on any atom is 0.139 e. The lowest BCUT2D eigenvalue weighted by molar-refractivity contribution is -0.123. The number of allylic oxidation sites excluding steroid dienone is 2. The zero-order valence-corrected chi connectivity index (χ0v) is 11.8. The van der Waals surface area contributed by atoms with Crippen molar-refractivity contribution >= 4 is 5.78 Å². The molecule has 0 bridgehead atoms. The van der Waals surface area contributed by atoms with E-state index < -0.39 is 0 Å². The Bertz CT molecular complexity index is 571. The molecule has 2 unspecified atom stereocenters. The van der Waals surface area contributed by atoms with Gasteiger partial charge in [-0.05, 0) is 36.1 Å². The van der Waals surface area contributed by atoms with Crippen LogP contribution in [0.25, 0.3) is 0 Å². The molecule has 19 heavy (non-hydrogen) atoms. The molecule has 0 amide bonds. The topological polar surface area (TPSA) is 26.3 Å². The summed E-state index contributed by atoms with van der Waals surface area (Å²) in [4.78, 5) is 12.0. The molecular weight excluding hydrogens is 236 g/mol. The maximum absolute atomic E-state index is 12.0. The number of Topliss-reactive ketones (excluding diaryl/α,β-unsaturated/α-hetero) is 1. The molecule has 2 aliphatic rings. The van der Waals surface area contributed by atoms with Gasteiger partial charge in [-0.15, -0.1) is 0 Å². The van der Waals surface area contributed by atoms with Gasteiger partial charge in [-0.3, -0.25) is 4.79 Å². The van der Waals surface area contributed by atoms with Crippen LogP contribution in [0.2, 0.25) is 0 Å². The van der Waals surface area contributed by atoms with Gasteiger partial charge in [0.05, 0.1) is 7.11 Å². The van der Waals surface area contributed by atoms with Crippen molar-refractivity contribution in [1.82, 2.24) is 0 Å². The van der Waals surface area contributed by atoms with Gasteiger partial charge in [-0.2, -0.15) is 0 Å². The normalized spacial score (nSPS) is 29.3. The van der Waals surface area contributed by atoms with Gasteiger partial charge in [0.25, 0.3) is 0 Å². The van der Waals surface area contributed by atoms with E-state index in [1.807, 2.05) is 6.07 Å². The fraction of sp³-hybridized carbons (Fsp3) is 0.471. The molecule has 0 N–H and O–H groups in total. The first-order valence-electron chi connectivity index (χ1n) is 6.97. The highest BCUT2D eigenvalue weighted by Crippen LogP contribution is 2.49. The van der Waals surface area contributed by atoms with Crippen LogP contribution in [0.15, 0.2) is 29.8 Å². The summed E-state index contributed by atoms with van der Waals surface area (Å²) in [5, 5.41) is 0. The SMILES string of the molecule is COc1ccc2c(c1)C1(C)CCC(=O)C(C)C1=CC2. The average Bonchev–Trinajstić information content (AvgIpc) is 2.43. The molecular formula is C17H20O2. The molecule has 1 aromatic carbocycles. The van der Waals surface area contributed by atoms with Crippen LogP contribution in [-0.4, -0.2) is 12.9 Å². The van der Waals surface area contributed by atoms with Crippen LogP contribution >= 0.6 is 0 Å². The van der Waals surface area contributed by atoms with Crippen LogP contribution in [0.1, 0.15) is 37.8 Å². The number of hydrogen-bond donors (Lipinski definition) is 0. The van der Waals surface area contributed by atoms with E-state index in [4.69, 9.17) is 4.74 Å². The number of fused-ring (bicyclic) bond motifs is 3. The van der Waals surface area contributed by atoms with E-state index in [2.05, 4.69) is 32.1 Å². The Morgan fingerprint density at radius 1 is 1.37 bits per heavy atom. The fourth-order valence-electron chi connectivity index (χ4n) is 3.67. The molecule has 2 aliphatic carbocycles. The number of ketones is 1. The molecule has 0 heterocycles.